The number of aromatic nitrogens is 1. The molecule has 1 aliphatic rings. The molecule has 0 aliphatic carbocycles. The van der Waals surface area contributed by atoms with Crippen molar-refractivity contribution in [1.82, 2.24) is 15.6 Å². The van der Waals surface area contributed by atoms with E-state index in [1.165, 1.54) is 0 Å². The van der Waals surface area contributed by atoms with Gasteiger partial charge in [-0.25, -0.2) is 0 Å². The summed E-state index contributed by atoms with van der Waals surface area (Å²) in [5.74, 6) is -0.501. The molecule has 0 spiro atoms. The molecule has 26 heavy (non-hydrogen) atoms. The van der Waals surface area contributed by atoms with E-state index in [9.17, 15) is 9.59 Å². The average Bonchev–Trinajstić information content (AvgIpc) is 3.02. The first-order valence-electron chi connectivity index (χ1n) is 8.80. The second-order valence-corrected chi connectivity index (χ2v) is 7.27. The number of carbonyl (C=O) groups excluding carboxylic acids is 2. The second kappa shape index (κ2) is 7.95. The maximum absolute atomic E-state index is 12.4. The van der Waals surface area contributed by atoms with E-state index in [2.05, 4.69) is 15.6 Å². The van der Waals surface area contributed by atoms with Crippen molar-refractivity contribution in [1.29, 1.82) is 0 Å². The smallest absolute Gasteiger partial charge is 0.298 e. The van der Waals surface area contributed by atoms with Crippen molar-refractivity contribution in [2.75, 3.05) is 24.5 Å². The Balaban J connectivity index is 1.61. The van der Waals surface area contributed by atoms with E-state index in [0.717, 1.165) is 19.4 Å². The Morgan fingerprint density at radius 2 is 2.23 bits per heavy atom. The van der Waals surface area contributed by atoms with Crippen LogP contribution in [0.15, 0.2) is 22.6 Å². The minimum absolute atomic E-state index is 0.00506. The van der Waals surface area contributed by atoms with Gasteiger partial charge in [0.1, 0.15) is 5.52 Å². The van der Waals surface area contributed by atoms with E-state index < -0.39 is 0 Å². The first-order chi connectivity index (χ1) is 12.4. The van der Waals surface area contributed by atoms with Gasteiger partial charge in [0.25, 0.3) is 6.01 Å². The number of fused-ring (bicyclic) bond motifs is 1. The Labute approximate surface area is 157 Å². The van der Waals surface area contributed by atoms with Crippen LogP contribution in [0, 0.1) is 5.92 Å². The quantitative estimate of drug-likeness (QED) is 0.833. The Kier molecular flexibility index (Phi) is 5.66. The van der Waals surface area contributed by atoms with Crippen LogP contribution in [0.2, 0.25) is 5.02 Å². The highest BCUT2D eigenvalue weighted by molar-refractivity contribution is 6.31. The van der Waals surface area contributed by atoms with E-state index in [-0.39, 0.29) is 30.3 Å². The zero-order chi connectivity index (χ0) is 18.7. The van der Waals surface area contributed by atoms with Crippen LogP contribution in [0.25, 0.3) is 11.1 Å². The number of hydrogen-bond donors (Lipinski definition) is 2. The number of amides is 2. The number of nitrogens with one attached hydrogen (secondary N) is 2. The molecule has 1 aliphatic heterocycles. The summed E-state index contributed by atoms with van der Waals surface area (Å²) in [7, 11) is 0. The Morgan fingerprint density at radius 3 is 3.00 bits per heavy atom. The Bertz CT molecular complexity index is 805. The normalized spacial score (nSPS) is 17.5. The van der Waals surface area contributed by atoms with Crippen LogP contribution in [-0.2, 0) is 9.59 Å². The van der Waals surface area contributed by atoms with Gasteiger partial charge in [-0.1, -0.05) is 11.6 Å². The van der Waals surface area contributed by atoms with Crippen molar-refractivity contribution < 1.29 is 14.0 Å². The summed E-state index contributed by atoms with van der Waals surface area (Å²) in [5.41, 5.74) is 1.37. The summed E-state index contributed by atoms with van der Waals surface area (Å²) < 4.78 is 5.79. The fourth-order valence-corrected chi connectivity index (χ4v) is 3.24. The van der Waals surface area contributed by atoms with E-state index in [4.69, 9.17) is 16.0 Å². The number of hydrogen-bond acceptors (Lipinski definition) is 5. The average molecular weight is 379 g/mol. The fraction of sp³-hybridized carbons (Fsp3) is 0.500. The number of halogens is 1. The molecule has 1 aromatic heterocycles. The van der Waals surface area contributed by atoms with Crippen LogP contribution in [0.1, 0.15) is 26.7 Å². The van der Waals surface area contributed by atoms with Crippen molar-refractivity contribution in [3.63, 3.8) is 0 Å². The minimum atomic E-state index is -0.200. The molecule has 140 valence electrons. The molecule has 1 fully saturated rings. The maximum atomic E-state index is 12.4. The van der Waals surface area contributed by atoms with Crippen LogP contribution in [0.5, 0.6) is 0 Å². The van der Waals surface area contributed by atoms with Gasteiger partial charge in [-0.2, -0.15) is 4.98 Å². The molecule has 0 saturated carbocycles. The number of carbonyl (C=O) groups is 2. The first-order valence-corrected chi connectivity index (χ1v) is 9.18. The van der Waals surface area contributed by atoms with Crippen molar-refractivity contribution in [3.05, 3.63) is 23.2 Å². The number of benzene rings is 1. The van der Waals surface area contributed by atoms with Crippen LogP contribution < -0.4 is 15.5 Å². The van der Waals surface area contributed by atoms with E-state index in [0.29, 0.717) is 28.7 Å². The third-order valence-corrected chi connectivity index (χ3v) is 4.51. The fourth-order valence-electron chi connectivity index (χ4n) is 3.07. The highest BCUT2D eigenvalue weighted by Crippen LogP contribution is 2.27. The molecule has 0 radical (unpaired) electrons. The van der Waals surface area contributed by atoms with Crippen LogP contribution >= 0.6 is 11.6 Å². The molecule has 2 heterocycles. The molecule has 2 amide bonds. The Morgan fingerprint density at radius 1 is 1.42 bits per heavy atom. The lowest BCUT2D eigenvalue weighted by Gasteiger charge is -2.30. The molecule has 1 saturated heterocycles. The molecule has 0 bridgehead atoms. The number of anilines is 1. The van der Waals surface area contributed by atoms with Gasteiger partial charge >= 0.3 is 0 Å². The zero-order valence-corrected chi connectivity index (χ0v) is 15.7. The monoisotopic (exact) mass is 378 g/mol. The molecule has 2 aromatic rings. The largest absolute Gasteiger partial charge is 0.423 e. The SMILES string of the molecule is CC(C)NC(=O)CNC(=O)C1CCCN(c2nc3cc(Cl)ccc3o2)C1. The number of oxazole rings is 1. The topological polar surface area (TPSA) is 87.5 Å². The zero-order valence-electron chi connectivity index (χ0n) is 14.9. The lowest BCUT2D eigenvalue weighted by atomic mass is 9.97. The number of rotatable bonds is 5. The third kappa shape index (κ3) is 4.46. The van der Waals surface area contributed by atoms with Crippen LogP contribution in [-0.4, -0.2) is 42.5 Å². The molecule has 8 heteroatoms. The van der Waals surface area contributed by atoms with Crippen molar-refractivity contribution in [2.45, 2.75) is 32.7 Å². The summed E-state index contributed by atoms with van der Waals surface area (Å²) in [4.78, 5) is 30.5. The lowest BCUT2D eigenvalue weighted by molar-refractivity contribution is -0.128. The molecule has 2 N–H and O–H groups in total. The molecule has 1 unspecified atom stereocenters. The summed E-state index contributed by atoms with van der Waals surface area (Å²) in [6.07, 6.45) is 1.63. The summed E-state index contributed by atoms with van der Waals surface area (Å²) in [6, 6.07) is 5.85. The Hall–Kier alpha value is -2.28. The number of piperidine rings is 1. The molecule has 1 atom stereocenters. The predicted molar refractivity (Wildman–Crippen MR) is 100 cm³/mol. The molecule has 3 rings (SSSR count). The van der Waals surface area contributed by atoms with Gasteiger partial charge in [-0.15, -0.1) is 0 Å². The maximum Gasteiger partial charge on any atom is 0.298 e. The van der Waals surface area contributed by atoms with E-state index in [1.54, 1.807) is 18.2 Å². The molecular formula is C18H23ClN4O3. The van der Waals surface area contributed by atoms with Gasteiger partial charge < -0.3 is 20.0 Å². The summed E-state index contributed by atoms with van der Waals surface area (Å²) in [5, 5.41) is 6.08. The van der Waals surface area contributed by atoms with Gasteiger partial charge in [0.2, 0.25) is 11.8 Å². The molecule has 1 aromatic carbocycles. The minimum Gasteiger partial charge on any atom is -0.423 e. The number of nitrogens with zero attached hydrogens (tertiary/aromatic N) is 2. The summed E-state index contributed by atoms with van der Waals surface area (Å²) in [6.45, 7) is 5.05. The second-order valence-electron chi connectivity index (χ2n) is 6.83. The van der Waals surface area contributed by atoms with Crippen LogP contribution in [0.3, 0.4) is 0 Å². The first kappa shape index (κ1) is 18.5. The van der Waals surface area contributed by atoms with Crippen LogP contribution in [0.4, 0.5) is 6.01 Å². The molecule has 7 nitrogen and oxygen atoms in total. The third-order valence-electron chi connectivity index (χ3n) is 4.27. The van der Waals surface area contributed by atoms with Gasteiger partial charge in [-0.3, -0.25) is 9.59 Å². The predicted octanol–water partition coefficient (Wildman–Crippen LogP) is 2.34. The van der Waals surface area contributed by atoms with Gasteiger partial charge in [-0.05, 0) is 44.9 Å². The van der Waals surface area contributed by atoms with E-state index >= 15 is 0 Å². The molecular weight excluding hydrogens is 356 g/mol. The van der Waals surface area contributed by atoms with Gasteiger partial charge in [0.05, 0.1) is 12.5 Å². The van der Waals surface area contributed by atoms with Gasteiger partial charge in [0, 0.05) is 24.2 Å². The lowest BCUT2D eigenvalue weighted by Crippen LogP contribution is -2.46. The van der Waals surface area contributed by atoms with Crippen molar-refractivity contribution in [2.24, 2.45) is 5.92 Å². The van der Waals surface area contributed by atoms with Crippen molar-refractivity contribution >= 4 is 40.5 Å². The standard InChI is InChI=1S/C18H23ClN4O3/c1-11(2)21-16(24)9-20-17(25)12-4-3-7-23(10-12)18-22-14-8-13(19)5-6-15(14)26-18/h5-6,8,11-12H,3-4,7,9-10H2,1-2H3,(H,20,25)(H,21,24). The highest BCUT2D eigenvalue weighted by Gasteiger charge is 2.28. The van der Waals surface area contributed by atoms with Crippen molar-refractivity contribution in [3.8, 4) is 0 Å². The highest BCUT2D eigenvalue weighted by atomic mass is 35.5. The summed E-state index contributed by atoms with van der Waals surface area (Å²) >= 11 is 5.99. The van der Waals surface area contributed by atoms with E-state index in [1.807, 2.05) is 18.7 Å². The van der Waals surface area contributed by atoms with Gasteiger partial charge in [0.15, 0.2) is 5.58 Å².